The fourth-order valence-corrected chi connectivity index (χ4v) is 2.64. The predicted molar refractivity (Wildman–Crippen MR) is 77.9 cm³/mol. The molecule has 1 saturated heterocycles. The van der Waals surface area contributed by atoms with E-state index in [9.17, 15) is 4.79 Å². The number of aryl methyl sites for hydroxylation is 1. The van der Waals surface area contributed by atoms with Crippen LogP contribution < -0.4 is 5.32 Å². The molecule has 1 heterocycles. The maximum Gasteiger partial charge on any atom is 0.226 e. The van der Waals surface area contributed by atoms with E-state index in [0.29, 0.717) is 5.92 Å². The molecule has 19 heavy (non-hydrogen) atoms. The minimum Gasteiger partial charge on any atom is -0.339 e. The number of carbonyl (C=O) groups is 1. The molecule has 1 aromatic rings. The standard InChI is InChI=1S/C16H24N2O/c1-11-7-5-6-8-15(11)13(3)18(4)16(19)12(2)14-9-17-10-14/h5-8,12-14,17H,9-10H2,1-4H3. The van der Waals surface area contributed by atoms with Crippen LogP contribution in [0.5, 0.6) is 0 Å². The Morgan fingerprint density at radius 2 is 1.95 bits per heavy atom. The van der Waals surface area contributed by atoms with Gasteiger partial charge in [0.15, 0.2) is 0 Å². The molecule has 3 heteroatoms. The van der Waals surface area contributed by atoms with Crippen LogP contribution in [0, 0.1) is 18.8 Å². The number of carbonyl (C=O) groups excluding carboxylic acids is 1. The molecular formula is C16H24N2O. The van der Waals surface area contributed by atoms with Gasteiger partial charge in [0.05, 0.1) is 6.04 Å². The maximum absolute atomic E-state index is 12.5. The Morgan fingerprint density at radius 3 is 2.47 bits per heavy atom. The summed E-state index contributed by atoms with van der Waals surface area (Å²) in [5.74, 6) is 0.860. The van der Waals surface area contributed by atoms with Crippen LogP contribution in [-0.4, -0.2) is 30.9 Å². The average Bonchev–Trinajstić information content (AvgIpc) is 2.34. The third kappa shape index (κ3) is 2.81. The summed E-state index contributed by atoms with van der Waals surface area (Å²) in [6.45, 7) is 8.20. The molecule has 0 spiro atoms. The molecule has 104 valence electrons. The van der Waals surface area contributed by atoms with Crippen molar-refractivity contribution in [1.29, 1.82) is 0 Å². The first-order valence-corrected chi connectivity index (χ1v) is 7.05. The largest absolute Gasteiger partial charge is 0.339 e. The van der Waals surface area contributed by atoms with Gasteiger partial charge in [0.2, 0.25) is 5.91 Å². The summed E-state index contributed by atoms with van der Waals surface area (Å²) in [6.07, 6.45) is 0. The Morgan fingerprint density at radius 1 is 1.32 bits per heavy atom. The molecule has 1 aromatic carbocycles. The van der Waals surface area contributed by atoms with Gasteiger partial charge in [-0.05, 0) is 44.0 Å². The zero-order valence-corrected chi connectivity index (χ0v) is 12.3. The van der Waals surface area contributed by atoms with Gasteiger partial charge in [-0.25, -0.2) is 0 Å². The van der Waals surface area contributed by atoms with Crippen molar-refractivity contribution in [1.82, 2.24) is 10.2 Å². The summed E-state index contributed by atoms with van der Waals surface area (Å²) in [6, 6.07) is 8.42. The van der Waals surface area contributed by atoms with Gasteiger partial charge in [-0.3, -0.25) is 4.79 Å². The minimum absolute atomic E-state index is 0.109. The molecule has 1 N–H and O–H groups in total. The van der Waals surface area contributed by atoms with Gasteiger partial charge >= 0.3 is 0 Å². The molecule has 0 saturated carbocycles. The first-order chi connectivity index (χ1) is 9.02. The van der Waals surface area contributed by atoms with Crippen LogP contribution in [-0.2, 0) is 4.79 Å². The Kier molecular flexibility index (Phi) is 4.25. The summed E-state index contributed by atoms with van der Waals surface area (Å²) in [5, 5.41) is 3.24. The molecule has 0 aliphatic carbocycles. The molecular weight excluding hydrogens is 236 g/mol. The number of nitrogens with one attached hydrogen (secondary N) is 1. The molecule has 0 aromatic heterocycles. The Balaban J connectivity index is 2.08. The second-order valence-corrected chi connectivity index (χ2v) is 5.69. The average molecular weight is 260 g/mol. The fourth-order valence-electron chi connectivity index (χ4n) is 2.64. The third-order valence-electron chi connectivity index (χ3n) is 4.48. The van der Waals surface area contributed by atoms with Gasteiger partial charge < -0.3 is 10.2 Å². The highest BCUT2D eigenvalue weighted by Gasteiger charge is 2.32. The van der Waals surface area contributed by atoms with Crippen LogP contribution in [0.3, 0.4) is 0 Å². The van der Waals surface area contributed by atoms with Crippen molar-refractivity contribution in [3.63, 3.8) is 0 Å². The normalized spacial score (nSPS) is 18.5. The molecule has 2 rings (SSSR count). The molecule has 0 bridgehead atoms. The molecule has 0 radical (unpaired) electrons. The van der Waals surface area contributed by atoms with Crippen LogP contribution in [0.2, 0.25) is 0 Å². The molecule has 3 nitrogen and oxygen atoms in total. The molecule has 1 aliphatic rings. The van der Waals surface area contributed by atoms with E-state index in [2.05, 4.69) is 38.2 Å². The van der Waals surface area contributed by atoms with Crippen molar-refractivity contribution in [2.75, 3.05) is 20.1 Å². The van der Waals surface area contributed by atoms with E-state index < -0.39 is 0 Å². The quantitative estimate of drug-likeness (QED) is 0.901. The first kappa shape index (κ1) is 14.1. The summed E-state index contributed by atoms with van der Waals surface area (Å²) < 4.78 is 0. The summed E-state index contributed by atoms with van der Waals surface area (Å²) >= 11 is 0. The second-order valence-electron chi connectivity index (χ2n) is 5.69. The van der Waals surface area contributed by atoms with Crippen LogP contribution in [0.25, 0.3) is 0 Å². The van der Waals surface area contributed by atoms with Crippen molar-refractivity contribution < 1.29 is 4.79 Å². The molecule has 1 fully saturated rings. The van der Waals surface area contributed by atoms with Crippen LogP contribution in [0.4, 0.5) is 0 Å². The molecule has 1 amide bonds. The van der Waals surface area contributed by atoms with Crippen molar-refractivity contribution in [2.24, 2.45) is 11.8 Å². The zero-order valence-electron chi connectivity index (χ0n) is 12.3. The van der Waals surface area contributed by atoms with E-state index in [1.807, 2.05) is 24.1 Å². The van der Waals surface area contributed by atoms with E-state index in [1.165, 1.54) is 11.1 Å². The second kappa shape index (κ2) is 5.74. The number of rotatable bonds is 4. The summed E-state index contributed by atoms with van der Waals surface area (Å²) in [5.41, 5.74) is 2.48. The van der Waals surface area contributed by atoms with Gasteiger partial charge in [-0.15, -0.1) is 0 Å². The summed E-state index contributed by atoms with van der Waals surface area (Å²) in [4.78, 5) is 14.4. The third-order valence-corrected chi connectivity index (χ3v) is 4.48. The van der Waals surface area contributed by atoms with E-state index in [-0.39, 0.29) is 17.9 Å². The molecule has 2 unspecified atom stereocenters. The number of nitrogens with zero attached hydrogens (tertiary/aromatic N) is 1. The highest BCUT2D eigenvalue weighted by atomic mass is 16.2. The first-order valence-electron chi connectivity index (χ1n) is 7.05. The van der Waals surface area contributed by atoms with Gasteiger partial charge in [0.1, 0.15) is 0 Å². The topological polar surface area (TPSA) is 32.3 Å². The van der Waals surface area contributed by atoms with Gasteiger partial charge in [-0.1, -0.05) is 31.2 Å². The lowest BCUT2D eigenvalue weighted by atomic mass is 9.87. The maximum atomic E-state index is 12.5. The van der Waals surface area contributed by atoms with Gasteiger partial charge in [0.25, 0.3) is 0 Å². The number of hydrogen-bond donors (Lipinski definition) is 1. The molecule has 2 atom stereocenters. The van der Waals surface area contributed by atoms with Crippen molar-refractivity contribution >= 4 is 5.91 Å². The molecule has 1 aliphatic heterocycles. The Labute approximate surface area is 116 Å². The van der Waals surface area contributed by atoms with Crippen molar-refractivity contribution in [3.05, 3.63) is 35.4 Å². The van der Waals surface area contributed by atoms with E-state index in [0.717, 1.165) is 13.1 Å². The smallest absolute Gasteiger partial charge is 0.226 e. The predicted octanol–water partition coefficient (Wildman–Crippen LogP) is 2.37. The van der Waals surface area contributed by atoms with Crippen LogP contribution >= 0.6 is 0 Å². The highest BCUT2D eigenvalue weighted by Crippen LogP contribution is 2.26. The lowest BCUT2D eigenvalue weighted by Gasteiger charge is -2.36. The van der Waals surface area contributed by atoms with Gasteiger partial charge in [0, 0.05) is 13.0 Å². The van der Waals surface area contributed by atoms with Gasteiger partial charge in [-0.2, -0.15) is 0 Å². The van der Waals surface area contributed by atoms with E-state index >= 15 is 0 Å². The number of hydrogen-bond acceptors (Lipinski definition) is 2. The van der Waals surface area contributed by atoms with E-state index in [4.69, 9.17) is 0 Å². The fraction of sp³-hybridized carbons (Fsp3) is 0.562. The number of amides is 1. The Hall–Kier alpha value is -1.35. The monoisotopic (exact) mass is 260 g/mol. The SMILES string of the molecule is Cc1ccccc1C(C)N(C)C(=O)C(C)C1CNC1. The van der Waals surface area contributed by atoms with Crippen molar-refractivity contribution in [3.8, 4) is 0 Å². The minimum atomic E-state index is 0.109. The summed E-state index contributed by atoms with van der Waals surface area (Å²) in [7, 11) is 1.92. The van der Waals surface area contributed by atoms with Crippen LogP contribution in [0.1, 0.15) is 31.0 Å². The zero-order chi connectivity index (χ0) is 14.0. The highest BCUT2D eigenvalue weighted by molar-refractivity contribution is 5.79. The van der Waals surface area contributed by atoms with E-state index in [1.54, 1.807) is 0 Å². The lowest BCUT2D eigenvalue weighted by molar-refractivity contribution is -0.138. The lowest BCUT2D eigenvalue weighted by Crippen LogP contribution is -2.50. The van der Waals surface area contributed by atoms with Crippen LogP contribution in [0.15, 0.2) is 24.3 Å². The van der Waals surface area contributed by atoms with Crippen molar-refractivity contribution in [2.45, 2.75) is 26.8 Å². The number of benzene rings is 1. The Bertz CT molecular complexity index is 454.